The highest BCUT2D eigenvalue weighted by Gasteiger charge is 2.07. The van der Waals surface area contributed by atoms with Crippen LogP contribution in [0.3, 0.4) is 0 Å². The van der Waals surface area contributed by atoms with Gasteiger partial charge in [0, 0.05) is 19.2 Å². The number of nitrogens with one attached hydrogen (secondary N) is 1. The normalized spacial score (nSPS) is 10.1. The molecule has 0 bridgehead atoms. The maximum absolute atomic E-state index is 11.4. The zero-order valence-corrected chi connectivity index (χ0v) is 11.1. The smallest absolute Gasteiger partial charge is 0.273 e. The number of benzene rings is 1. The SMILES string of the molecule is O=C(COc1cccc([N+](=O)[O-])c1)NCCCCCO. The molecule has 0 saturated heterocycles. The Kier molecular flexibility index (Phi) is 7.05. The molecule has 0 aliphatic rings. The standard InChI is InChI=1S/C13H18N2O5/c16-8-3-1-2-7-14-13(17)10-20-12-6-4-5-11(9-12)15(18)19/h4-6,9,16H,1-3,7-8,10H2,(H,14,17). The van der Waals surface area contributed by atoms with E-state index in [1.165, 1.54) is 18.2 Å². The van der Waals surface area contributed by atoms with Gasteiger partial charge < -0.3 is 15.2 Å². The first-order valence-corrected chi connectivity index (χ1v) is 6.38. The van der Waals surface area contributed by atoms with Crippen LogP contribution in [-0.4, -0.2) is 35.7 Å². The van der Waals surface area contributed by atoms with Gasteiger partial charge in [0.2, 0.25) is 0 Å². The van der Waals surface area contributed by atoms with Crippen molar-refractivity contribution in [3.05, 3.63) is 34.4 Å². The van der Waals surface area contributed by atoms with E-state index in [2.05, 4.69) is 5.32 Å². The number of aliphatic hydroxyl groups excluding tert-OH is 1. The van der Waals surface area contributed by atoms with Crippen LogP contribution >= 0.6 is 0 Å². The second kappa shape index (κ2) is 8.87. The van der Waals surface area contributed by atoms with Crippen LogP contribution in [0.2, 0.25) is 0 Å². The van der Waals surface area contributed by atoms with Crippen molar-refractivity contribution < 1.29 is 19.6 Å². The summed E-state index contributed by atoms with van der Waals surface area (Å²) in [6.07, 6.45) is 2.37. The summed E-state index contributed by atoms with van der Waals surface area (Å²) in [5.41, 5.74) is -0.0769. The summed E-state index contributed by atoms with van der Waals surface area (Å²) in [5.74, 6) is 0.00938. The molecular formula is C13H18N2O5. The van der Waals surface area contributed by atoms with Gasteiger partial charge in [-0.1, -0.05) is 6.07 Å². The van der Waals surface area contributed by atoms with Crippen molar-refractivity contribution in [2.75, 3.05) is 19.8 Å². The van der Waals surface area contributed by atoms with Crippen molar-refractivity contribution in [2.24, 2.45) is 0 Å². The van der Waals surface area contributed by atoms with E-state index in [9.17, 15) is 14.9 Å². The quantitative estimate of drug-likeness (QED) is 0.403. The molecule has 2 N–H and O–H groups in total. The highest BCUT2D eigenvalue weighted by molar-refractivity contribution is 5.77. The second-order valence-electron chi connectivity index (χ2n) is 4.18. The Balaban J connectivity index is 2.27. The number of nitrogens with zero attached hydrogens (tertiary/aromatic N) is 1. The summed E-state index contributed by atoms with van der Waals surface area (Å²) in [6.45, 7) is 0.502. The molecule has 0 heterocycles. The van der Waals surface area contributed by atoms with Gasteiger partial charge in [0.25, 0.3) is 11.6 Å². The molecule has 0 fully saturated rings. The summed E-state index contributed by atoms with van der Waals surface area (Å²) in [5, 5.41) is 21.8. The predicted molar refractivity (Wildman–Crippen MR) is 72.5 cm³/mol. The Morgan fingerprint density at radius 2 is 2.15 bits per heavy atom. The third kappa shape index (κ3) is 6.14. The highest BCUT2D eigenvalue weighted by atomic mass is 16.6. The fraction of sp³-hybridized carbons (Fsp3) is 0.462. The van der Waals surface area contributed by atoms with Gasteiger partial charge in [-0.15, -0.1) is 0 Å². The third-order valence-electron chi connectivity index (χ3n) is 2.56. The number of aliphatic hydroxyl groups is 1. The molecule has 0 aromatic heterocycles. The number of unbranched alkanes of at least 4 members (excludes halogenated alkanes) is 2. The van der Waals surface area contributed by atoms with Crippen LogP contribution in [0.15, 0.2) is 24.3 Å². The van der Waals surface area contributed by atoms with Crippen molar-refractivity contribution in [1.82, 2.24) is 5.32 Å². The number of nitro groups is 1. The molecule has 0 spiro atoms. The minimum Gasteiger partial charge on any atom is -0.484 e. The monoisotopic (exact) mass is 282 g/mol. The van der Waals surface area contributed by atoms with Crippen molar-refractivity contribution in [3.8, 4) is 5.75 Å². The maximum Gasteiger partial charge on any atom is 0.273 e. The topological polar surface area (TPSA) is 102 Å². The minimum atomic E-state index is -0.520. The van der Waals surface area contributed by atoms with Gasteiger partial charge in [0.1, 0.15) is 5.75 Å². The summed E-state index contributed by atoms with van der Waals surface area (Å²) in [4.78, 5) is 21.5. The average Bonchev–Trinajstić information content (AvgIpc) is 2.45. The number of amides is 1. The van der Waals surface area contributed by atoms with Crippen LogP contribution in [0.4, 0.5) is 5.69 Å². The molecule has 0 atom stereocenters. The van der Waals surface area contributed by atoms with Crippen molar-refractivity contribution >= 4 is 11.6 Å². The zero-order valence-electron chi connectivity index (χ0n) is 11.1. The molecule has 0 radical (unpaired) electrons. The van der Waals surface area contributed by atoms with Crippen molar-refractivity contribution in [2.45, 2.75) is 19.3 Å². The number of hydrogen-bond donors (Lipinski definition) is 2. The Morgan fingerprint density at radius 1 is 1.35 bits per heavy atom. The Hall–Kier alpha value is -2.15. The number of hydrogen-bond acceptors (Lipinski definition) is 5. The molecule has 7 nitrogen and oxygen atoms in total. The maximum atomic E-state index is 11.4. The van der Waals surface area contributed by atoms with Gasteiger partial charge in [-0.05, 0) is 25.3 Å². The van der Waals surface area contributed by atoms with E-state index in [1.54, 1.807) is 6.07 Å². The lowest BCUT2D eigenvalue weighted by atomic mass is 10.2. The van der Waals surface area contributed by atoms with Crippen molar-refractivity contribution in [1.29, 1.82) is 0 Å². The molecule has 1 aromatic rings. The second-order valence-corrected chi connectivity index (χ2v) is 4.18. The van der Waals surface area contributed by atoms with Gasteiger partial charge in [-0.2, -0.15) is 0 Å². The first kappa shape index (κ1) is 15.9. The van der Waals surface area contributed by atoms with Crippen LogP contribution in [0.1, 0.15) is 19.3 Å². The van der Waals surface area contributed by atoms with Crippen LogP contribution in [-0.2, 0) is 4.79 Å². The van der Waals surface area contributed by atoms with Crippen molar-refractivity contribution in [3.63, 3.8) is 0 Å². The molecule has 110 valence electrons. The molecule has 0 aliphatic heterocycles. The molecule has 1 amide bonds. The number of nitro benzene ring substituents is 1. The molecule has 0 aliphatic carbocycles. The molecule has 20 heavy (non-hydrogen) atoms. The summed E-state index contributed by atoms with van der Waals surface area (Å²) in [6, 6.07) is 5.68. The van der Waals surface area contributed by atoms with Crippen LogP contribution in [0.5, 0.6) is 5.75 Å². The fourth-order valence-electron chi connectivity index (χ4n) is 1.53. The number of rotatable bonds is 9. The molecular weight excluding hydrogens is 264 g/mol. The van der Waals surface area contributed by atoms with Crippen LogP contribution < -0.4 is 10.1 Å². The molecule has 1 rings (SSSR count). The summed E-state index contributed by atoms with van der Waals surface area (Å²) < 4.78 is 5.18. The van der Waals surface area contributed by atoms with E-state index >= 15 is 0 Å². The van der Waals surface area contributed by atoms with E-state index in [4.69, 9.17) is 9.84 Å². The Labute approximate surface area is 116 Å². The fourth-order valence-corrected chi connectivity index (χ4v) is 1.53. The van der Waals surface area contributed by atoms with E-state index in [0.717, 1.165) is 19.3 Å². The molecule has 1 aromatic carbocycles. The summed E-state index contributed by atoms with van der Waals surface area (Å²) in [7, 11) is 0. The number of non-ortho nitro benzene ring substituents is 1. The summed E-state index contributed by atoms with van der Waals surface area (Å²) >= 11 is 0. The largest absolute Gasteiger partial charge is 0.484 e. The zero-order chi connectivity index (χ0) is 14.8. The number of ether oxygens (including phenoxy) is 1. The Morgan fingerprint density at radius 3 is 2.85 bits per heavy atom. The molecule has 0 unspecified atom stereocenters. The van der Waals surface area contributed by atoms with Gasteiger partial charge in [-0.25, -0.2) is 0 Å². The lowest BCUT2D eigenvalue weighted by Crippen LogP contribution is -2.29. The first-order chi connectivity index (χ1) is 9.63. The van der Waals surface area contributed by atoms with Gasteiger partial charge in [0.15, 0.2) is 6.61 Å². The van der Waals surface area contributed by atoms with E-state index in [1.807, 2.05) is 0 Å². The molecule has 7 heteroatoms. The minimum absolute atomic E-state index is 0.0769. The third-order valence-corrected chi connectivity index (χ3v) is 2.56. The van der Waals surface area contributed by atoms with Crippen LogP contribution in [0, 0.1) is 10.1 Å². The lowest BCUT2D eigenvalue weighted by molar-refractivity contribution is -0.384. The predicted octanol–water partition coefficient (Wildman–Crippen LogP) is 1.25. The van der Waals surface area contributed by atoms with E-state index < -0.39 is 4.92 Å². The van der Waals surface area contributed by atoms with Gasteiger partial charge in [-0.3, -0.25) is 14.9 Å². The van der Waals surface area contributed by atoms with E-state index in [0.29, 0.717) is 6.54 Å². The molecule has 0 saturated carbocycles. The van der Waals surface area contributed by atoms with Gasteiger partial charge in [0.05, 0.1) is 11.0 Å². The van der Waals surface area contributed by atoms with Crippen LogP contribution in [0.25, 0.3) is 0 Å². The highest BCUT2D eigenvalue weighted by Crippen LogP contribution is 2.18. The lowest BCUT2D eigenvalue weighted by Gasteiger charge is -2.07. The number of carbonyl (C=O) groups is 1. The average molecular weight is 282 g/mol. The van der Waals surface area contributed by atoms with E-state index in [-0.39, 0.29) is 30.6 Å². The van der Waals surface area contributed by atoms with Gasteiger partial charge >= 0.3 is 0 Å². The number of carbonyl (C=O) groups excluding carboxylic acids is 1. The first-order valence-electron chi connectivity index (χ1n) is 6.38. The Bertz CT molecular complexity index is 450.